The number of aldehydes is 1. The maximum atomic E-state index is 10.3. The van der Waals surface area contributed by atoms with Crippen molar-refractivity contribution < 1.29 is 9.53 Å². The normalized spacial score (nSPS) is 9.69. The van der Waals surface area contributed by atoms with Crippen molar-refractivity contribution in [2.75, 3.05) is 12.8 Å². The lowest BCUT2D eigenvalue weighted by Crippen LogP contribution is -1.97. The molecule has 0 aliphatic carbocycles. The van der Waals surface area contributed by atoms with Crippen molar-refractivity contribution in [3.8, 4) is 5.75 Å². The fraction of sp³-hybridized carbons (Fsp3) is 0.222. The number of carbonyl (C=O) groups is 1. The Morgan fingerprint density at radius 1 is 1.62 bits per heavy atom. The highest BCUT2D eigenvalue weighted by molar-refractivity contribution is 6.32. The average Bonchev–Trinajstić information content (AvgIpc) is 2.10. The molecule has 3 nitrogen and oxygen atoms in total. The van der Waals surface area contributed by atoms with Crippen LogP contribution < -0.4 is 10.5 Å². The highest BCUT2D eigenvalue weighted by Gasteiger charge is 2.05. The minimum absolute atomic E-state index is 0.277. The summed E-state index contributed by atoms with van der Waals surface area (Å²) >= 11 is 5.81. The number of anilines is 1. The van der Waals surface area contributed by atoms with Gasteiger partial charge in [-0.3, -0.25) is 0 Å². The van der Waals surface area contributed by atoms with Crippen LogP contribution in [0, 0.1) is 0 Å². The topological polar surface area (TPSA) is 52.3 Å². The molecule has 1 aromatic rings. The molecule has 0 aliphatic rings. The molecule has 0 atom stereocenters. The summed E-state index contributed by atoms with van der Waals surface area (Å²) in [6, 6.07) is 3.26. The largest absolute Gasteiger partial charge is 0.495 e. The number of halogens is 1. The summed E-state index contributed by atoms with van der Waals surface area (Å²) in [4.78, 5) is 10.3. The van der Waals surface area contributed by atoms with Crippen LogP contribution in [0.25, 0.3) is 0 Å². The number of ether oxygens (including phenoxy) is 1. The molecule has 0 aromatic heterocycles. The fourth-order valence-corrected chi connectivity index (χ4v) is 1.28. The lowest BCUT2D eigenvalue weighted by Gasteiger charge is -2.07. The molecule has 0 radical (unpaired) electrons. The Morgan fingerprint density at radius 3 is 2.85 bits per heavy atom. The second-order valence-corrected chi connectivity index (χ2v) is 2.96. The van der Waals surface area contributed by atoms with Crippen LogP contribution in [0.2, 0.25) is 5.02 Å². The molecule has 0 bridgehead atoms. The van der Waals surface area contributed by atoms with Crippen LogP contribution in [0.4, 0.5) is 5.69 Å². The number of nitrogens with two attached hydrogens (primary N) is 1. The Hall–Kier alpha value is -1.22. The van der Waals surface area contributed by atoms with Crippen molar-refractivity contribution in [1.82, 2.24) is 0 Å². The standard InChI is InChI=1S/C9H10ClNO2/c1-13-9-4-6(2-3-12)8(11)5-7(9)10/h3-5H,2,11H2,1H3. The Morgan fingerprint density at radius 2 is 2.31 bits per heavy atom. The molecule has 1 rings (SSSR count). The Bertz CT molecular complexity index is 326. The molecule has 0 fully saturated rings. The maximum Gasteiger partial charge on any atom is 0.137 e. The van der Waals surface area contributed by atoms with E-state index < -0.39 is 0 Å². The van der Waals surface area contributed by atoms with E-state index in [0.717, 1.165) is 11.8 Å². The second kappa shape index (κ2) is 4.14. The third kappa shape index (κ3) is 2.12. The van der Waals surface area contributed by atoms with Gasteiger partial charge in [-0.15, -0.1) is 0 Å². The first-order valence-corrected chi connectivity index (χ1v) is 4.12. The second-order valence-electron chi connectivity index (χ2n) is 2.56. The first-order chi connectivity index (χ1) is 6.19. The molecule has 0 saturated heterocycles. The monoisotopic (exact) mass is 199 g/mol. The van der Waals surface area contributed by atoms with Gasteiger partial charge < -0.3 is 15.3 Å². The molecule has 4 heteroatoms. The van der Waals surface area contributed by atoms with Gasteiger partial charge >= 0.3 is 0 Å². The zero-order valence-corrected chi connectivity index (χ0v) is 7.97. The lowest BCUT2D eigenvalue weighted by atomic mass is 10.1. The van der Waals surface area contributed by atoms with Crippen molar-refractivity contribution in [2.24, 2.45) is 0 Å². The molecule has 13 heavy (non-hydrogen) atoms. The summed E-state index contributed by atoms with van der Waals surface area (Å²) in [5.41, 5.74) is 6.88. The summed E-state index contributed by atoms with van der Waals surface area (Å²) in [6.45, 7) is 0. The first-order valence-electron chi connectivity index (χ1n) is 3.74. The van der Waals surface area contributed by atoms with Gasteiger partial charge in [-0.2, -0.15) is 0 Å². The summed E-state index contributed by atoms with van der Waals surface area (Å²) in [5.74, 6) is 0.535. The number of benzene rings is 1. The van der Waals surface area contributed by atoms with Gasteiger partial charge in [0.2, 0.25) is 0 Å². The van der Waals surface area contributed by atoms with Gasteiger partial charge in [0.1, 0.15) is 12.0 Å². The van der Waals surface area contributed by atoms with Crippen LogP contribution in [0.15, 0.2) is 12.1 Å². The molecule has 0 amide bonds. The smallest absolute Gasteiger partial charge is 0.137 e. The summed E-state index contributed by atoms with van der Waals surface area (Å²) in [7, 11) is 1.52. The van der Waals surface area contributed by atoms with Gasteiger partial charge in [0.05, 0.1) is 12.1 Å². The zero-order valence-electron chi connectivity index (χ0n) is 7.21. The number of hydrogen-bond acceptors (Lipinski definition) is 3. The number of hydrogen-bond donors (Lipinski definition) is 1. The molecule has 2 N–H and O–H groups in total. The van der Waals surface area contributed by atoms with Gasteiger partial charge in [0.25, 0.3) is 0 Å². The lowest BCUT2D eigenvalue weighted by molar-refractivity contribution is -0.107. The van der Waals surface area contributed by atoms with Crippen LogP contribution in [0.5, 0.6) is 5.75 Å². The van der Waals surface area contributed by atoms with Gasteiger partial charge in [-0.25, -0.2) is 0 Å². The van der Waals surface area contributed by atoms with E-state index in [-0.39, 0.29) is 6.42 Å². The number of nitrogen functional groups attached to an aromatic ring is 1. The van der Waals surface area contributed by atoms with Crippen molar-refractivity contribution in [3.05, 3.63) is 22.7 Å². The molecule has 1 aromatic carbocycles. The predicted molar refractivity (Wildman–Crippen MR) is 52.2 cm³/mol. The number of carbonyl (C=O) groups excluding carboxylic acids is 1. The van der Waals surface area contributed by atoms with E-state index in [1.807, 2.05) is 0 Å². The molecule has 0 spiro atoms. The van der Waals surface area contributed by atoms with Crippen molar-refractivity contribution in [3.63, 3.8) is 0 Å². The number of methoxy groups -OCH3 is 1. The van der Waals surface area contributed by atoms with Gasteiger partial charge in [0, 0.05) is 12.1 Å². The summed E-state index contributed by atoms with van der Waals surface area (Å²) < 4.78 is 4.98. The molecule has 0 unspecified atom stereocenters. The van der Waals surface area contributed by atoms with E-state index in [1.165, 1.54) is 7.11 Å². The third-order valence-corrected chi connectivity index (χ3v) is 2.01. The van der Waals surface area contributed by atoms with Crippen molar-refractivity contribution >= 4 is 23.6 Å². The Kier molecular flexibility index (Phi) is 3.14. The Labute approximate surface area is 81.4 Å². The van der Waals surface area contributed by atoms with Crippen molar-refractivity contribution in [2.45, 2.75) is 6.42 Å². The van der Waals surface area contributed by atoms with Crippen LogP contribution in [-0.4, -0.2) is 13.4 Å². The minimum atomic E-state index is 0.277. The van der Waals surface area contributed by atoms with Crippen LogP contribution in [-0.2, 0) is 11.2 Å². The molecule has 70 valence electrons. The Balaban J connectivity index is 3.13. The zero-order chi connectivity index (χ0) is 9.84. The maximum absolute atomic E-state index is 10.3. The van der Waals surface area contributed by atoms with Gasteiger partial charge in [0.15, 0.2) is 0 Å². The molecule has 0 saturated carbocycles. The predicted octanol–water partition coefficient (Wildman–Crippen LogP) is 1.67. The average molecular weight is 200 g/mol. The van der Waals surface area contributed by atoms with E-state index >= 15 is 0 Å². The van der Waals surface area contributed by atoms with E-state index in [1.54, 1.807) is 12.1 Å². The van der Waals surface area contributed by atoms with Crippen LogP contribution >= 0.6 is 11.6 Å². The van der Waals surface area contributed by atoms with Gasteiger partial charge in [-0.05, 0) is 17.7 Å². The summed E-state index contributed by atoms with van der Waals surface area (Å²) in [5, 5.41) is 0.453. The van der Waals surface area contributed by atoms with Crippen molar-refractivity contribution in [1.29, 1.82) is 0 Å². The minimum Gasteiger partial charge on any atom is -0.495 e. The molecular weight excluding hydrogens is 190 g/mol. The summed E-state index contributed by atoms with van der Waals surface area (Å²) in [6.07, 6.45) is 1.07. The quantitative estimate of drug-likeness (QED) is 0.595. The number of rotatable bonds is 3. The molecule has 0 aliphatic heterocycles. The highest BCUT2D eigenvalue weighted by atomic mass is 35.5. The van der Waals surface area contributed by atoms with Crippen LogP contribution in [0.1, 0.15) is 5.56 Å². The van der Waals surface area contributed by atoms with E-state index in [4.69, 9.17) is 22.1 Å². The van der Waals surface area contributed by atoms with E-state index in [0.29, 0.717) is 16.5 Å². The first kappa shape index (κ1) is 9.86. The SMILES string of the molecule is COc1cc(CC=O)c(N)cc1Cl. The molecular formula is C9H10ClNO2. The van der Waals surface area contributed by atoms with Gasteiger partial charge in [-0.1, -0.05) is 11.6 Å². The highest BCUT2D eigenvalue weighted by Crippen LogP contribution is 2.29. The fourth-order valence-electron chi connectivity index (χ4n) is 1.03. The third-order valence-electron chi connectivity index (χ3n) is 1.72. The molecule has 0 heterocycles. The van der Waals surface area contributed by atoms with Crippen LogP contribution in [0.3, 0.4) is 0 Å². The van der Waals surface area contributed by atoms with E-state index in [2.05, 4.69) is 0 Å². The van der Waals surface area contributed by atoms with E-state index in [9.17, 15) is 4.79 Å².